The van der Waals surface area contributed by atoms with Gasteiger partial charge in [0.2, 0.25) is 5.88 Å². The zero-order chi connectivity index (χ0) is 20.4. The molecule has 0 radical (unpaired) electrons. The average Bonchev–Trinajstić information content (AvgIpc) is 3.14. The Labute approximate surface area is 169 Å². The number of nitrogens with one attached hydrogen (secondary N) is 1. The van der Waals surface area contributed by atoms with Gasteiger partial charge in [0.25, 0.3) is 5.91 Å². The highest BCUT2D eigenvalue weighted by atomic mass is 32.1. The first-order chi connectivity index (χ1) is 14.0. The number of fused-ring (bicyclic) bond motifs is 1. The van der Waals surface area contributed by atoms with Crippen molar-refractivity contribution in [3.05, 3.63) is 71.4 Å². The molecule has 1 amide bonds. The van der Waals surface area contributed by atoms with Crippen molar-refractivity contribution in [1.29, 1.82) is 0 Å². The summed E-state index contributed by atoms with van der Waals surface area (Å²) in [6.45, 7) is 1.60. The number of benzene rings is 2. The number of ether oxygens (including phenoxy) is 1. The van der Waals surface area contributed by atoms with Crippen molar-refractivity contribution < 1.29 is 18.3 Å². The van der Waals surface area contributed by atoms with Gasteiger partial charge in [-0.3, -0.25) is 4.79 Å². The van der Waals surface area contributed by atoms with Crippen molar-refractivity contribution in [3.63, 3.8) is 0 Å². The Morgan fingerprint density at radius 2 is 1.93 bits per heavy atom. The number of rotatable bonds is 5. The number of anilines is 1. The molecule has 0 saturated heterocycles. The van der Waals surface area contributed by atoms with Crippen LogP contribution in [0.3, 0.4) is 0 Å². The van der Waals surface area contributed by atoms with Crippen molar-refractivity contribution in [3.8, 4) is 17.0 Å². The Bertz CT molecular complexity index is 1190. The highest BCUT2D eigenvalue weighted by molar-refractivity contribution is 7.17. The number of aromatic nitrogens is 2. The molecule has 0 atom stereocenters. The Morgan fingerprint density at radius 3 is 2.72 bits per heavy atom. The fourth-order valence-electron chi connectivity index (χ4n) is 2.82. The van der Waals surface area contributed by atoms with E-state index < -0.39 is 24.1 Å². The van der Waals surface area contributed by atoms with Crippen molar-refractivity contribution in [2.24, 2.45) is 0 Å². The van der Waals surface area contributed by atoms with E-state index in [9.17, 15) is 13.6 Å². The normalized spacial score (nSPS) is 10.9. The van der Waals surface area contributed by atoms with Crippen LogP contribution in [0.4, 0.5) is 14.5 Å². The van der Waals surface area contributed by atoms with Crippen molar-refractivity contribution in [2.75, 3.05) is 11.9 Å². The molecule has 4 rings (SSSR count). The molecule has 2 heterocycles. The molecule has 0 aliphatic heterocycles. The van der Waals surface area contributed by atoms with E-state index in [-0.39, 0.29) is 11.6 Å². The zero-order valence-electron chi connectivity index (χ0n) is 15.3. The van der Waals surface area contributed by atoms with Crippen LogP contribution in [0.25, 0.3) is 21.3 Å². The molecule has 0 fully saturated rings. The van der Waals surface area contributed by atoms with Gasteiger partial charge < -0.3 is 10.1 Å². The lowest BCUT2D eigenvalue weighted by Gasteiger charge is -2.09. The van der Waals surface area contributed by atoms with Gasteiger partial charge in [0.15, 0.2) is 6.61 Å². The molecule has 5 nitrogen and oxygen atoms in total. The van der Waals surface area contributed by atoms with Crippen LogP contribution >= 0.6 is 11.3 Å². The molecule has 2 aromatic heterocycles. The summed E-state index contributed by atoms with van der Waals surface area (Å²) in [6, 6.07) is 10.8. The number of halogens is 2. The van der Waals surface area contributed by atoms with Gasteiger partial charge >= 0.3 is 0 Å². The second-order valence-electron chi connectivity index (χ2n) is 6.34. The second-order valence-corrected chi connectivity index (χ2v) is 7.19. The first kappa shape index (κ1) is 18.9. The number of carbonyl (C=O) groups excluding carboxylic acids is 1. The molecule has 0 aliphatic rings. The molecule has 1 N–H and O–H groups in total. The molecule has 0 unspecified atom stereocenters. The molecule has 8 heteroatoms. The van der Waals surface area contributed by atoms with Gasteiger partial charge in [-0.25, -0.2) is 18.7 Å². The smallest absolute Gasteiger partial charge is 0.262 e. The van der Waals surface area contributed by atoms with Crippen LogP contribution in [0.1, 0.15) is 5.56 Å². The molecule has 0 aliphatic carbocycles. The summed E-state index contributed by atoms with van der Waals surface area (Å²) in [5.41, 5.74) is 2.77. The number of nitrogens with zero attached hydrogens (tertiary/aromatic N) is 2. The van der Waals surface area contributed by atoms with E-state index in [1.807, 2.05) is 36.6 Å². The predicted octanol–water partition coefficient (Wildman–Crippen LogP) is 4.96. The third-order valence-corrected chi connectivity index (χ3v) is 5.13. The van der Waals surface area contributed by atoms with Crippen LogP contribution in [0.2, 0.25) is 0 Å². The van der Waals surface area contributed by atoms with E-state index >= 15 is 0 Å². The summed E-state index contributed by atoms with van der Waals surface area (Å²) < 4.78 is 32.5. The lowest BCUT2D eigenvalue weighted by atomic mass is 10.0. The maximum Gasteiger partial charge on any atom is 0.262 e. The topological polar surface area (TPSA) is 64.1 Å². The molecule has 0 saturated carbocycles. The van der Waals surface area contributed by atoms with Gasteiger partial charge in [0.05, 0.1) is 11.1 Å². The van der Waals surface area contributed by atoms with Crippen LogP contribution in [0.5, 0.6) is 5.88 Å². The van der Waals surface area contributed by atoms with Crippen LogP contribution in [0.15, 0.2) is 54.2 Å². The molecule has 29 heavy (non-hydrogen) atoms. The number of carbonyl (C=O) groups is 1. The quantitative estimate of drug-likeness (QED) is 0.504. The largest absolute Gasteiger partial charge is 0.467 e. The maximum atomic E-state index is 13.7. The van der Waals surface area contributed by atoms with Gasteiger partial charge in [-0.2, -0.15) is 0 Å². The van der Waals surface area contributed by atoms with Gasteiger partial charge in [-0.1, -0.05) is 29.8 Å². The Hall–Kier alpha value is -3.39. The lowest BCUT2D eigenvalue weighted by molar-refractivity contribution is -0.118. The lowest BCUT2D eigenvalue weighted by Crippen LogP contribution is -2.21. The summed E-state index contributed by atoms with van der Waals surface area (Å²) in [5, 5.41) is 4.95. The minimum Gasteiger partial charge on any atom is -0.467 e. The number of aryl methyl sites for hydroxylation is 1. The van der Waals surface area contributed by atoms with Gasteiger partial charge in [-0.05, 0) is 24.6 Å². The summed E-state index contributed by atoms with van der Waals surface area (Å²) in [7, 11) is 0. The molecule has 2 aromatic carbocycles. The minimum atomic E-state index is -0.733. The van der Waals surface area contributed by atoms with Crippen LogP contribution in [-0.2, 0) is 4.79 Å². The monoisotopic (exact) mass is 411 g/mol. The standard InChI is InChI=1S/C21H15F2N3O2S/c1-12-2-4-13(5-3-12)15-10-29-21-19(15)20(24-11-25-21)28-9-18(27)26-17-8-14(22)6-7-16(17)23/h2-8,10-11H,9H2,1H3,(H,26,27). The molecular formula is C21H15F2N3O2S. The highest BCUT2D eigenvalue weighted by Crippen LogP contribution is 2.37. The van der Waals surface area contributed by atoms with Crippen LogP contribution < -0.4 is 10.1 Å². The summed E-state index contributed by atoms with van der Waals surface area (Å²) in [5.74, 6) is -1.76. The molecule has 0 spiro atoms. The third kappa shape index (κ3) is 4.07. The number of hydrogen-bond acceptors (Lipinski definition) is 5. The molecule has 146 valence electrons. The van der Waals surface area contributed by atoms with Crippen molar-refractivity contribution in [1.82, 2.24) is 9.97 Å². The summed E-state index contributed by atoms with van der Waals surface area (Å²) in [6.07, 6.45) is 1.36. The summed E-state index contributed by atoms with van der Waals surface area (Å²) >= 11 is 1.44. The van der Waals surface area contributed by atoms with Gasteiger partial charge in [0, 0.05) is 17.0 Å². The fraction of sp³-hybridized carbons (Fsp3) is 0.0952. The number of hydrogen-bond donors (Lipinski definition) is 1. The fourth-order valence-corrected chi connectivity index (χ4v) is 3.72. The summed E-state index contributed by atoms with van der Waals surface area (Å²) in [4.78, 5) is 21.3. The highest BCUT2D eigenvalue weighted by Gasteiger charge is 2.16. The number of amides is 1. The maximum absolute atomic E-state index is 13.7. The van der Waals surface area contributed by atoms with Gasteiger partial charge in [-0.15, -0.1) is 11.3 Å². The number of thiophene rings is 1. The van der Waals surface area contributed by atoms with E-state index in [2.05, 4.69) is 15.3 Å². The van der Waals surface area contributed by atoms with Crippen molar-refractivity contribution >= 4 is 33.1 Å². The molecular weight excluding hydrogens is 396 g/mol. The average molecular weight is 411 g/mol. The van der Waals surface area contributed by atoms with Crippen molar-refractivity contribution in [2.45, 2.75) is 6.92 Å². The van der Waals surface area contributed by atoms with E-state index in [0.29, 0.717) is 5.39 Å². The Kier molecular flexibility index (Phi) is 5.18. The molecule has 4 aromatic rings. The molecule has 0 bridgehead atoms. The van der Waals surface area contributed by atoms with Crippen LogP contribution in [-0.4, -0.2) is 22.5 Å². The van der Waals surface area contributed by atoms with E-state index in [4.69, 9.17) is 4.74 Å². The predicted molar refractivity (Wildman–Crippen MR) is 108 cm³/mol. The SMILES string of the molecule is Cc1ccc(-c2csc3ncnc(OCC(=O)Nc4cc(F)ccc4F)c23)cc1. The van der Waals surface area contributed by atoms with Crippen LogP contribution in [0, 0.1) is 18.6 Å². The van der Waals surface area contributed by atoms with E-state index in [0.717, 1.165) is 39.7 Å². The van der Waals surface area contributed by atoms with Gasteiger partial charge in [0.1, 0.15) is 22.8 Å². The van der Waals surface area contributed by atoms with E-state index in [1.165, 1.54) is 17.7 Å². The van der Waals surface area contributed by atoms with E-state index in [1.54, 1.807) is 0 Å². The Morgan fingerprint density at radius 1 is 1.14 bits per heavy atom. The third-order valence-electron chi connectivity index (χ3n) is 4.24. The zero-order valence-corrected chi connectivity index (χ0v) is 16.1. The Balaban J connectivity index is 1.56. The minimum absolute atomic E-state index is 0.248. The first-order valence-corrected chi connectivity index (χ1v) is 9.56. The first-order valence-electron chi connectivity index (χ1n) is 8.68. The second kappa shape index (κ2) is 7.92.